The summed E-state index contributed by atoms with van der Waals surface area (Å²) in [5, 5.41) is 0. The summed E-state index contributed by atoms with van der Waals surface area (Å²) >= 11 is 0. The average Bonchev–Trinajstić information content (AvgIpc) is 2.32. The monoisotopic (exact) mass is 234 g/mol. The Bertz CT molecular complexity index is 392. The van der Waals surface area contributed by atoms with E-state index in [1.165, 1.54) is 0 Å². The van der Waals surface area contributed by atoms with Crippen molar-refractivity contribution in [2.75, 3.05) is 0 Å². The second-order valence-electron chi connectivity index (χ2n) is 5.81. The number of hydrogen-bond donors (Lipinski definition) is 0. The first-order chi connectivity index (χ1) is 8.01. The van der Waals surface area contributed by atoms with Crippen LogP contribution in [0.3, 0.4) is 0 Å². The van der Waals surface area contributed by atoms with Crippen LogP contribution in [0.1, 0.15) is 33.1 Å². The molecule has 0 saturated heterocycles. The molecule has 2 rings (SSSR count). The molecule has 1 unspecified atom stereocenters. The Kier molecular flexibility index (Phi) is 3.02. The molecule has 3 heteroatoms. The Hall–Kier alpha value is -1.25. The second kappa shape index (κ2) is 4.21. The van der Waals surface area contributed by atoms with Gasteiger partial charge in [0.2, 0.25) is 0 Å². The van der Waals surface area contributed by atoms with E-state index in [-0.39, 0.29) is 23.0 Å². The van der Waals surface area contributed by atoms with Gasteiger partial charge in [0.05, 0.1) is 5.92 Å². The normalized spacial score (nSPS) is 35.8. The molecule has 0 aromatic rings. The number of Topliss-reactive ketones (excluding diaryl/α,β-unsaturated/α-hetero) is 1. The van der Waals surface area contributed by atoms with Gasteiger partial charge in [0.15, 0.2) is 0 Å². The number of fused-ring (bicyclic) bond motifs is 1. The fourth-order valence-electron chi connectivity index (χ4n) is 3.32. The van der Waals surface area contributed by atoms with Crippen LogP contribution >= 0.6 is 0 Å². The van der Waals surface area contributed by atoms with E-state index in [2.05, 4.69) is 13.8 Å². The topological polar surface area (TPSA) is 51.2 Å². The van der Waals surface area contributed by atoms with Crippen LogP contribution in [-0.4, -0.2) is 18.4 Å². The first-order valence-corrected chi connectivity index (χ1v) is 6.14. The minimum absolute atomic E-state index is 0.0742. The van der Waals surface area contributed by atoms with Crippen molar-refractivity contribution in [2.24, 2.45) is 23.2 Å². The lowest BCUT2D eigenvalue weighted by molar-refractivity contribution is -0.136. The molecule has 0 radical (unpaired) electrons. The number of allylic oxidation sites excluding steroid dienone is 2. The van der Waals surface area contributed by atoms with Crippen LogP contribution in [0, 0.1) is 23.2 Å². The molecule has 17 heavy (non-hydrogen) atoms. The van der Waals surface area contributed by atoms with E-state index in [9.17, 15) is 14.4 Å². The zero-order chi connectivity index (χ0) is 12.6. The zero-order valence-electron chi connectivity index (χ0n) is 10.3. The Labute approximate surface area is 101 Å². The maximum absolute atomic E-state index is 12.0. The minimum Gasteiger partial charge on any atom is -0.303 e. The Morgan fingerprint density at radius 1 is 1.35 bits per heavy atom. The number of carbonyl (C=O) groups is 3. The Morgan fingerprint density at radius 2 is 2.06 bits per heavy atom. The van der Waals surface area contributed by atoms with Crippen molar-refractivity contribution < 1.29 is 14.4 Å². The van der Waals surface area contributed by atoms with E-state index >= 15 is 0 Å². The van der Waals surface area contributed by atoms with E-state index in [4.69, 9.17) is 0 Å². The summed E-state index contributed by atoms with van der Waals surface area (Å²) in [6.07, 6.45) is 5.49. The molecular formula is C14H18O3. The highest BCUT2D eigenvalue weighted by Crippen LogP contribution is 2.50. The SMILES string of the molecule is CC1(C)CCC(=O)C2[C@H]1CC=C(C=O)[C@@H]2C=O. The van der Waals surface area contributed by atoms with Crippen LogP contribution in [0.5, 0.6) is 0 Å². The summed E-state index contributed by atoms with van der Waals surface area (Å²) in [7, 11) is 0. The predicted molar refractivity (Wildman–Crippen MR) is 63.3 cm³/mol. The van der Waals surface area contributed by atoms with E-state index in [0.717, 1.165) is 25.4 Å². The molecule has 3 atom stereocenters. The predicted octanol–water partition coefficient (Wildman–Crippen LogP) is 1.95. The van der Waals surface area contributed by atoms with Gasteiger partial charge in [0.25, 0.3) is 0 Å². The number of rotatable bonds is 2. The van der Waals surface area contributed by atoms with Crippen LogP contribution in [0.25, 0.3) is 0 Å². The number of ketones is 1. The van der Waals surface area contributed by atoms with Crippen molar-refractivity contribution in [1.29, 1.82) is 0 Å². The molecule has 2 aliphatic carbocycles. The highest BCUT2D eigenvalue weighted by molar-refractivity contribution is 5.91. The molecule has 2 aliphatic rings. The van der Waals surface area contributed by atoms with E-state index < -0.39 is 5.92 Å². The van der Waals surface area contributed by atoms with Crippen molar-refractivity contribution in [1.82, 2.24) is 0 Å². The first-order valence-electron chi connectivity index (χ1n) is 6.14. The van der Waals surface area contributed by atoms with Crippen molar-refractivity contribution in [3.63, 3.8) is 0 Å². The van der Waals surface area contributed by atoms with E-state index in [1.807, 2.05) is 6.08 Å². The van der Waals surface area contributed by atoms with Crippen molar-refractivity contribution in [3.05, 3.63) is 11.6 Å². The summed E-state index contributed by atoms with van der Waals surface area (Å²) in [4.78, 5) is 34.2. The van der Waals surface area contributed by atoms with E-state index in [1.54, 1.807) is 0 Å². The molecule has 0 aromatic carbocycles. The zero-order valence-corrected chi connectivity index (χ0v) is 10.3. The minimum atomic E-state index is -0.515. The highest BCUT2D eigenvalue weighted by atomic mass is 16.1. The summed E-state index contributed by atoms with van der Waals surface area (Å²) in [5.74, 6) is -0.443. The van der Waals surface area contributed by atoms with Crippen LogP contribution in [0.15, 0.2) is 11.6 Å². The second-order valence-corrected chi connectivity index (χ2v) is 5.81. The third-order valence-electron chi connectivity index (χ3n) is 4.49. The third kappa shape index (κ3) is 1.88. The van der Waals surface area contributed by atoms with Crippen molar-refractivity contribution in [3.8, 4) is 0 Å². The maximum atomic E-state index is 12.0. The summed E-state index contributed by atoms with van der Waals surface area (Å²) in [6, 6.07) is 0. The van der Waals surface area contributed by atoms with Gasteiger partial charge in [-0.3, -0.25) is 9.59 Å². The first kappa shape index (κ1) is 12.2. The highest BCUT2D eigenvalue weighted by Gasteiger charge is 2.48. The van der Waals surface area contributed by atoms with Gasteiger partial charge in [-0.15, -0.1) is 0 Å². The van der Waals surface area contributed by atoms with E-state index in [0.29, 0.717) is 12.0 Å². The maximum Gasteiger partial charge on any atom is 0.146 e. The van der Waals surface area contributed by atoms with Crippen LogP contribution in [0.4, 0.5) is 0 Å². The largest absolute Gasteiger partial charge is 0.303 e. The average molecular weight is 234 g/mol. The molecule has 0 aromatic heterocycles. The molecule has 0 amide bonds. The van der Waals surface area contributed by atoms with Gasteiger partial charge in [0.1, 0.15) is 18.4 Å². The lowest BCUT2D eigenvalue weighted by Gasteiger charge is -2.46. The fourth-order valence-corrected chi connectivity index (χ4v) is 3.32. The summed E-state index contributed by atoms with van der Waals surface area (Å²) in [5.41, 5.74) is 0.567. The van der Waals surface area contributed by atoms with Gasteiger partial charge in [-0.2, -0.15) is 0 Å². The lowest BCUT2D eigenvalue weighted by atomic mass is 9.56. The van der Waals surface area contributed by atoms with Gasteiger partial charge >= 0.3 is 0 Å². The molecule has 3 nitrogen and oxygen atoms in total. The molecule has 0 N–H and O–H groups in total. The fraction of sp³-hybridized carbons (Fsp3) is 0.643. The summed E-state index contributed by atoms with van der Waals surface area (Å²) in [6.45, 7) is 4.30. The molecule has 1 saturated carbocycles. The Morgan fingerprint density at radius 3 is 2.65 bits per heavy atom. The van der Waals surface area contributed by atoms with Crippen LogP contribution in [-0.2, 0) is 14.4 Å². The molecular weight excluding hydrogens is 216 g/mol. The molecule has 0 aliphatic heterocycles. The number of aldehydes is 2. The number of carbonyl (C=O) groups excluding carboxylic acids is 3. The van der Waals surface area contributed by atoms with Gasteiger partial charge in [-0.25, -0.2) is 0 Å². The Balaban J connectivity index is 2.42. The van der Waals surface area contributed by atoms with Gasteiger partial charge in [0, 0.05) is 12.3 Å². The van der Waals surface area contributed by atoms with Gasteiger partial charge in [-0.1, -0.05) is 19.9 Å². The lowest BCUT2D eigenvalue weighted by Crippen LogP contribution is -2.46. The van der Waals surface area contributed by atoms with Crippen LogP contribution < -0.4 is 0 Å². The molecule has 92 valence electrons. The third-order valence-corrected chi connectivity index (χ3v) is 4.49. The molecule has 0 spiro atoms. The smallest absolute Gasteiger partial charge is 0.146 e. The standard InChI is InChI=1S/C14H18O3/c1-14(2)6-5-12(17)13-10(8-16)9(7-15)3-4-11(13)14/h3,7-8,10-11,13H,4-6H2,1-2H3/t10-,11+,13?/m0/s1. The molecule has 0 bridgehead atoms. The summed E-state index contributed by atoms with van der Waals surface area (Å²) < 4.78 is 0. The van der Waals surface area contributed by atoms with Gasteiger partial charge in [-0.05, 0) is 29.7 Å². The van der Waals surface area contributed by atoms with Crippen molar-refractivity contribution in [2.45, 2.75) is 33.1 Å². The number of hydrogen-bond acceptors (Lipinski definition) is 3. The van der Waals surface area contributed by atoms with Crippen molar-refractivity contribution >= 4 is 18.4 Å². The molecule has 1 fully saturated rings. The van der Waals surface area contributed by atoms with Crippen LogP contribution in [0.2, 0.25) is 0 Å². The van der Waals surface area contributed by atoms with Gasteiger partial charge < -0.3 is 4.79 Å². The quantitative estimate of drug-likeness (QED) is 0.686. The molecule has 0 heterocycles.